The van der Waals surface area contributed by atoms with Crippen molar-refractivity contribution in [1.82, 2.24) is 15.2 Å². The minimum absolute atomic E-state index is 0.00381. The van der Waals surface area contributed by atoms with Gasteiger partial charge in [0.2, 0.25) is 5.91 Å². The summed E-state index contributed by atoms with van der Waals surface area (Å²) in [6.07, 6.45) is 5.24. The molecule has 5 heteroatoms. The number of nitrogens with zero attached hydrogens (tertiary/aromatic N) is 2. The Bertz CT molecular complexity index is 1040. The number of piperidine rings is 1. The molecule has 2 aromatic carbocycles. The van der Waals surface area contributed by atoms with Crippen molar-refractivity contribution in [1.29, 1.82) is 0 Å². The molecule has 0 spiro atoms. The largest absolute Gasteiger partial charge is 0.356 e. The van der Waals surface area contributed by atoms with Gasteiger partial charge in [-0.3, -0.25) is 14.6 Å². The second-order valence-electron chi connectivity index (χ2n) is 8.41. The van der Waals surface area contributed by atoms with Gasteiger partial charge in [-0.2, -0.15) is 0 Å². The van der Waals surface area contributed by atoms with Gasteiger partial charge < -0.3 is 10.2 Å². The Balaban J connectivity index is 1.49. The van der Waals surface area contributed by atoms with Crippen molar-refractivity contribution in [2.24, 2.45) is 5.41 Å². The first kappa shape index (κ1) is 21.8. The average Bonchev–Trinajstić information content (AvgIpc) is 2.86. The van der Waals surface area contributed by atoms with Gasteiger partial charge in [-0.15, -0.1) is 0 Å². The van der Waals surface area contributed by atoms with Gasteiger partial charge >= 0.3 is 0 Å². The molecule has 0 saturated carbocycles. The van der Waals surface area contributed by atoms with Crippen molar-refractivity contribution in [3.05, 3.63) is 90.3 Å². The smallest absolute Gasteiger partial charge is 0.253 e. The number of nitrogens with one attached hydrogen (secondary N) is 1. The fourth-order valence-electron chi connectivity index (χ4n) is 4.48. The minimum Gasteiger partial charge on any atom is -0.356 e. The van der Waals surface area contributed by atoms with Gasteiger partial charge in [-0.05, 0) is 55.0 Å². The third kappa shape index (κ3) is 4.72. The summed E-state index contributed by atoms with van der Waals surface area (Å²) in [5.74, 6) is 0.0901. The van der Waals surface area contributed by atoms with Crippen molar-refractivity contribution in [3.8, 4) is 11.1 Å². The normalized spacial score (nSPS) is 15.2. The number of benzene rings is 2. The minimum atomic E-state index is -0.501. The van der Waals surface area contributed by atoms with Crippen LogP contribution in [0.15, 0.2) is 79.1 Å². The average molecular weight is 428 g/mol. The van der Waals surface area contributed by atoms with Crippen LogP contribution in [0.1, 0.15) is 35.7 Å². The molecule has 1 N–H and O–H groups in total. The molecule has 5 nitrogen and oxygen atoms in total. The van der Waals surface area contributed by atoms with Gasteiger partial charge in [0.25, 0.3) is 5.91 Å². The number of pyridine rings is 1. The Kier molecular flexibility index (Phi) is 6.64. The van der Waals surface area contributed by atoms with E-state index < -0.39 is 5.41 Å². The molecule has 164 valence electrons. The van der Waals surface area contributed by atoms with Gasteiger partial charge in [0.15, 0.2) is 0 Å². The summed E-state index contributed by atoms with van der Waals surface area (Å²) in [7, 11) is 0. The summed E-state index contributed by atoms with van der Waals surface area (Å²) in [5.41, 5.74) is 3.63. The standard InChI is InChI=1S/C27H29N3O2/c1-2-29-26(32)27(14-18-30(19-15-27)25(31)24-12-16-28-17-13-24)20-21-8-10-23(11-9-21)22-6-4-3-5-7-22/h3-13,16-17H,2,14-15,18-20H2,1H3,(H,29,32). The summed E-state index contributed by atoms with van der Waals surface area (Å²) in [5, 5.41) is 3.04. The molecule has 0 atom stereocenters. The van der Waals surface area contributed by atoms with Crippen LogP contribution in [0.4, 0.5) is 0 Å². The fourth-order valence-corrected chi connectivity index (χ4v) is 4.48. The highest BCUT2D eigenvalue weighted by molar-refractivity contribution is 5.94. The third-order valence-electron chi connectivity index (χ3n) is 6.36. The van der Waals surface area contributed by atoms with Crippen molar-refractivity contribution in [2.75, 3.05) is 19.6 Å². The number of rotatable bonds is 6. The molecule has 2 amide bonds. The number of carbonyl (C=O) groups is 2. The van der Waals surface area contributed by atoms with Crippen LogP contribution in [-0.2, 0) is 11.2 Å². The van der Waals surface area contributed by atoms with E-state index in [1.54, 1.807) is 24.5 Å². The second kappa shape index (κ2) is 9.77. The Morgan fingerprint density at radius 3 is 2.16 bits per heavy atom. The van der Waals surface area contributed by atoms with Gasteiger partial charge in [0.05, 0.1) is 5.41 Å². The van der Waals surface area contributed by atoms with E-state index in [0.29, 0.717) is 44.5 Å². The highest BCUT2D eigenvalue weighted by Gasteiger charge is 2.42. The maximum atomic E-state index is 13.1. The summed E-state index contributed by atoms with van der Waals surface area (Å²) < 4.78 is 0. The molecule has 3 aromatic rings. The maximum Gasteiger partial charge on any atom is 0.253 e. The van der Waals surface area contributed by atoms with E-state index in [1.807, 2.05) is 30.0 Å². The van der Waals surface area contributed by atoms with Crippen LogP contribution in [0.5, 0.6) is 0 Å². The van der Waals surface area contributed by atoms with Gasteiger partial charge in [-0.1, -0.05) is 54.6 Å². The lowest BCUT2D eigenvalue weighted by molar-refractivity contribution is -0.133. The molecule has 32 heavy (non-hydrogen) atoms. The third-order valence-corrected chi connectivity index (χ3v) is 6.36. The van der Waals surface area contributed by atoms with Crippen molar-refractivity contribution in [2.45, 2.75) is 26.2 Å². The number of aromatic nitrogens is 1. The highest BCUT2D eigenvalue weighted by atomic mass is 16.2. The summed E-state index contributed by atoms with van der Waals surface area (Å²) in [6, 6.07) is 22.3. The van der Waals surface area contributed by atoms with Crippen LogP contribution < -0.4 is 5.32 Å². The Hall–Kier alpha value is -3.47. The molecule has 1 aromatic heterocycles. The van der Waals surface area contributed by atoms with E-state index >= 15 is 0 Å². The lowest BCUT2D eigenvalue weighted by atomic mass is 9.72. The van der Waals surface area contributed by atoms with E-state index in [2.05, 4.69) is 46.7 Å². The zero-order valence-corrected chi connectivity index (χ0v) is 18.5. The summed E-state index contributed by atoms with van der Waals surface area (Å²) >= 11 is 0. The number of hydrogen-bond donors (Lipinski definition) is 1. The molecule has 1 saturated heterocycles. The summed E-state index contributed by atoms with van der Waals surface area (Å²) in [6.45, 7) is 3.69. The second-order valence-corrected chi connectivity index (χ2v) is 8.41. The Morgan fingerprint density at radius 2 is 1.53 bits per heavy atom. The number of hydrogen-bond acceptors (Lipinski definition) is 3. The van der Waals surface area contributed by atoms with Crippen molar-refractivity contribution >= 4 is 11.8 Å². The number of amides is 2. The van der Waals surface area contributed by atoms with Crippen LogP contribution in [0.3, 0.4) is 0 Å². The van der Waals surface area contributed by atoms with Crippen LogP contribution in [-0.4, -0.2) is 41.3 Å². The van der Waals surface area contributed by atoms with Crippen LogP contribution >= 0.6 is 0 Å². The van der Waals surface area contributed by atoms with E-state index in [9.17, 15) is 9.59 Å². The number of likely N-dealkylation sites (tertiary alicyclic amines) is 1. The van der Waals surface area contributed by atoms with Gasteiger partial charge in [0.1, 0.15) is 0 Å². The predicted octanol–water partition coefficient (Wildman–Crippen LogP) is 4.35. The molecule has 2 heterocycles. The molecule has 0 aliphatic carbocycles. The predicted molar refractivity (Wildman–Crippen MR) is 126 cm³/mol. The fraction of sp³-hybridized carbons (Fsp3) is 0.296. The van der Waals surface area contributed by atoms with E-state index in [-0.39, 0.29) is 11.8 Å². The van der Waals surface area contributed by atoms with Crippen LogP contribution in [0.25, 0.3) is 11.1 Å². The molecular weight excluding hydrogens is 398 g/mol. The Morgan fingerprint density at radius 1 is 0.906 bits per heavy atom. The lowest BCUT2D eigenvalue weighted by Gasteiger charge is -2.41. The molecular formula is C27H29N3O2. The Labute approximate surface area is 189 Å². The van der Waals surface area contributed by atoms with Crippen LogP contribution in [0, 0.1) is 5.41 Å². The monoisotopic (exact) mass is 427 g/mol. The molecule has 1 aliphatic heterocycles. The number of carbonyl (C=O) groups excluding carboxylic acids is 2. The summed E-state index contributed by atoms with van der Waals surface area (Å²) in [4.78, 5) is 31.8. The molecule has 1 fully saturated rings. The van der Waals surface area contributed by atoms with E-state index in [1.165, 1.54) is 11.1 Å². The molecule has 1 aliphatic rings. The molecule has 0 bridgehead atoms. The van der Waals surface area contributed by atoms with Gasteiger partial charge in [0, 0.05) is 37.6 Å². The molecule has 0 unspecified atom stereocenters. The van der Waals surface area contributed by atoms with Crippen molar-refractivity contribution in [3.63, 3.8) is 0 Å². The topological polar surface area (TPSA) is 62.3 Å². The highest BCUT2D eigenvalue weighted by Crippen LogP contribution is 2.36. The first-order valence-electron chi connectivity index (χ1n) is 11.2. The first-order chi connectivity index (χ1) is 15.6. The van der Waals surface area contributed by atoms with E-state index in [0.717, 1.165) is 5.56 Å². The maximum absolute atomic E-state index is 13.1. The molecule has 4 rings (SSSR count). The zero-order valence-electron chi connectivity index (χ0n) is 18.5. The zero-order chi connectivity index (χ0) is 22.4. The van der Waals surface area contributed by atoms with E-state index in [4.69, 9.17) is 0 Å². The first-order valence-corrected chi connectivity index (χ1v) is 11.2. The molecule has 0 radical (unpaired) electrons. The SMILES string of the molecule is CCNC(=O)C1(Cc2ccc(-c3ccccc3)cc2)CCN(C(=O)c2ccncc2)CC1. The quantitative estimate of drug-likeness (QED) is 0.636. The van der Waals surface area contributed by atoms with Crippen molar-refractivity contribution < 1.29 is 9.59 Å². The van der Waals surface area contributed by atoms with Crippen LogP contribution in [0.2, 0.25) is 0 Å². The lowest BCUT2D eigenvalue weighted by Crippen LogP contribution is -2.51. The van der Waals surface area contributed by atoms with Gasteiger partial charge in [-0.25, -0.2) is 0 Å².